The molecule has 0 unspecified atom stereocenters. The highest BCUT2D eigenvalue weighted by Crippen LogP contribution is 1.95. The van der Waals surface area contributed by atoms with Crippen molar-refractivity contribution in [2.75, 3.05) is 13.2 Å². The van der Waals surface area contributed by atoms with Crippen molar-refractivity contribution in [1.82, 2.24) is 0 Å². The SMILES string of the molecule is CCCC/C=C/B(O)OCCO. The fraction of sp³-hybridized carbons (Fsp3) is 0.750. The number of aliphatic hydroxyl groups is 1. The molecule has 0 aromatic heterocycles. The lowest BCUT2D eigenvalue weighted by Gasteiger charge is -2.00. The van der Waals surface area contributed by atoms with Gasteiger partial charge in [-0.2, -0.15) is 0 Å². The van der Waals surface area contributed by atoms with E-state index in [-0.39, 0.29) is 13.2 Å². The molecule has 12 heavy (non-hydrogen) atoms. The van der Waals surface area contributed by atoms with Gasteiger partial charge in [-0.25, -0.2) is 0 Å². The van der Waals surface area contributed by atoms with Crippen LogP contribution in [0.15, 0.2) is 12.1 Å². The Morgan fingerprint density at radius 1 is 1.50 bits per heavy atom. The summed E-state index contributed by atoms with van der Waals surface area (Å²) in [5, 5.41) is 17.4. The zero-order valence-corrected chi connectivity index (χ0v) is 7.57. The minimum atomic E-state index is -0.867. The molecule has 4 heteroatoms. The molecule has 0 aliphatic rings. The smallest absolute Gasteiger partial charge is 0.423 e. The van der Waals surface area contributed by atoms with Crippen molar-refractivity contribution in [1.29, 1.82) is 0 Å². The lowest BCUT2D eigenvalue weighted by molar-refractivity contribution is 0.183. The zero-order valence-electron chi connectivity index (χ0n) is 7.57. The Bertz CT molecular complexity index is 117. The summed E-state index contributed by atoms with van der Waals surface area (Å²) in [4.78, 5) is 0. The molecular weight excluding hydrogens is 155 g/mol. The number of aliphatic hydroxyl groups excluding tert-OH is 1. The number of allylic oxidation sites excluding steroid dienone is 1. The standard InChI is InChI=1S/C8H17BO3/c1-2-3-4-5-6-9(11)12-8-7-10/h5-6,10-11H,2-4,7-8H2,1H3/b6-5+. The van der Waals surface area contributed by atoms with Crippen LogP contribution in [0.1, 0.15) is 26.2 Å². The minimum absolute atomic E-state index is 0.0557. The third-order valence-corrected chi connectivity index (χ3v) is 1.40. The topological polar surface area (TPSA) is 49.7 Å². The highest BCUT2D eigenvalue weighted by Gasteiger charge is 2.05. The van der Waals surface area contributed by atoms with Crippen molar-refractivity contribution < 1.29 is 14.8 Å². The highest BCUT2D eigenvalue weighted by atomic mass is 16.5. The maximum Gasteiger partial charge on any atom is 0.483 e. The summed E-state index contributed by atoms with van der Waals surface area (Å²) < 4.78 is 4.79. The van der Waals surface area contributed by atoms with Crippen LogP contribution in [0.5, 0.6) is 0 Å². The Morgan fingerprint density at radius 2 is 2.25 bits per heavy atom. The summed E-state index contributed by atoms with van der Waals surface area (Å²) in [6.07, 6.45) is 5.14. The number of rotatable bonds is 7. The van der Waals surface area contributed by atoms with Crippen molar-refractivity contribution in [2.45, 2.75) is 26.2 Å². The Morgan fingerprint density at radius 3 is 2.83 bits per heavy atom. The average Bonchev–Trinajstić information content (AvgIpc) is 2.09. The van der Waals surface area contributed by atoms with Gasteiger partial charge < -0.3 is 14.8 Å². The molecule has 0 atom stereocenters. The van der Waals surface area contributed by atoms with E-state index in [0.29, 0.717) is 0 Å². The molecule has 0 spiro atoms. The summed E-state index contributed by atoms with van der Waals surface area (Å²) in [6.45, 7) is 2.24. The largest absolute Gasteiger partial charge is 0.483 e. The normalized spacial score (nSPS) is 10.9. The lowest BCUT2D eigenvalue weighted by Crippen LogP contribution is -2.17. The molecule has 0 saturated heterocycles. The van der Waals surface area contributed by atoms with Crippen molar-refractivity contribution in [3.05, 3.63) is 12.1 Å². The molecule has 0 rings (SSSR count). The third kappa shape index (κ3) is 7.79. The first-order chi connectivity index (χ1) is 5.81. The molecular formula is C8H17BO3. The maximum atomic E-state index is 9.06. The van der Waals surface area contributed by atoms with Crippen molar-refractivity contribution >= 4 is 7.12 Å². The molecule has 70 valence electrons. The van der Waals surface area contributed by atoms with Crippen LogP contribution < -0.4 is 0 Å². The predicted octanol–water partition coefficient (Wildman–Crippen LogP) is 0.761. The first-order valence-corrected chi connectivity index (χ1v) is 4.38. The second-order valence-electron chi connectivity index (χ2n) is 2.56. The van der Waals surface area contributed by atoms with Gasteiger partial charge in [0, 0.05) is 0 Å². The first-order valence-electron chi connectivity index (χ1n) is 4.38. The molecule has 0 fully saturated rings. The van der Waals surface area contributed by atoms with E-state index in [0.717, 1.165) is 19.3 Å². The van der Waals surface area contributed by atoms with Gasteiger partial charge in [0.2, 0.25) is 0 Å². The van der Waals surface area contributed by atoms with Gasteiger partial charge in [0.05, 0.1) is 13.2 Å². The van der Waals surface area contributed by atoms with Crippen LogP contribution in [0.25, 0.3) is 0 Å². The van der Waals surface area contributed by atoms with Crippen LogP contribution in [-0.4, -0.2) is 30.5 Å². The average molecular weight is 172 g/mol. The van der Waals surface area contributed by atoms with Crippen molar-refractivity contribution in [3.8, 4) is 0 Å². The van der Waals surface area contributed by atoms with E-state index in [2.05, 4.69) is 6.92 Å². The van der Waals surface area contributed by atoms with Gasteiger partial charge >= 0.3 is 7.12 Å². The number of hydrogen-bond acceptors (Lipinski definition) is 3. The molecule has 0 bridgehead atoms. The predicted molar refractivity (Wildman–Crippen MR) is 49.7 cm³/mol. The second kappa shape index (κ2) is 8.78. The van der Waals surface area contributed by atoms with Gasteiger partial charge in [0.25, 0.3) is 0 Å². The Balaban J connectivity index is 3.27. The van der Waals surface area contributed by atoms with Crippen LogP contribution in [0.4, 0.5) is 0 Å². The van der Waals surface area contributed by atoms with E-state index in [1.807, 2.05) is 6.08 Å². The molecule has 0 aliphatic heterocycles. The van der Waals surface area contributed by atoms with Gasteiger partial charge in [0.15, 0.2) is 0 Å². The van der Waals surface area contributed by atoms with E-state index in [1.165, 1.54) is 0 Å². The van der Waals surface area contributed by atoms with E-state index >= 15 is 0 Å². The van der Waals surface area contributed by atoms with Gasteiger partial charge in [-0.3, -0.25) is 0 Å². The Labute approximate surface area is 74.2 Å². The third-order valence-electron chi connectivity index (χ3n) is 1.40. The molecule has 0 aromatic carbocycles. The molecule has 0 aliphatic carbocycles. The lowest BCUT2D eigenvalue weighted by atomic mass is 9.90. The highest BCUT2D eigenvalue weighted by molar-refractivity contribution is 6.49. The number of unbranched alkanes of at least 4 members (excludes halogenated alkanes) is 2. The molecule has 3 nitrogen and oxygen atoms in total. The molecule has 0 heterocycles. The quantitative estimate of drug-likeness (QED) is 0.440. The first kappa shape index (κ1) is 11.7. The maximum absolute atomic E-state index is 9.06. The zero-order chi connectivity index (χ0) is 9.23. The van der Waals surface area contributed by atoms with Gasteiger partial charge in [-0.05, 0) is 6.42 Å². The molecule has 2 N–H and O–H groups in total. The molecule has 0 aromatic rings. The Hall–Kier alpha value is -0.315. The van der Waals surface area contributed by atoms with Gasteiger partial charge in [-0.1, -0.05) is 31.8 Å². The number of hydrogen-bond donors (Lipinski definition) is 2. The van der Waals surface area contributed by atoms with E-state index in [1.54, 1.807) is 5.98 Å². The summed E-state index contributed by atoms with van der Waals surface area (Å²) in [5.41, 5.74) is 0. The second-order valence-corrected chi connectivity index (χ2v) is 2.56. The fourth-order valence-electron chi connectivity index (χ4n) is 0.764. The molecule has 0 saturated carbocycles. The minimum Gasteiger partial charge on any atom is -0.423 e. The van der Waals surface area contributed by atoms with E-state index in [9.17, 15) is 0 Å². The van der Waals surface area contributed by atoms with Crippen molar-refractivity contribution in [3.63, 3.8) is 0 Å². The van der Waals surface area contributed by atoms with Gasteiger partial charge in [-0.15, -0.1) is 0 Å². The monoisotopic (exact) mass is 172 g/mol. The molecule has 0 amide bonds. The van der Waals surface area contributed by atoms with Crippen LogP contribution >= 0.6 is 0 Å². The van der Waals surface area contributed by atoms with Crippen LogP contribution in [0.2, 0.25) is 0 Å². The van der Waals surface area contributed by atoms with Crippen LogP contribution in [0.3, 0.4) is 0 Å². The van der Waals surface area contributed by atoms with Crippen LogP contribution in [0, 0.1) is 0 Å². The summed E-state index contributed by atoms with van der Waals surface area (Å²) >= 11 is 0. The van der Waals surface area contributed by atoms with Crippen molar-refractivity contribution in [2.24, 2.45) is 0 Å². The summed E-state index contributed by atoms with van der Waals surface area (Å²) in [6, 6.07) is 0. The fourth-order valence-corrected chi connectivity index (χ4v) is 0.764. The van der Waals surface area contributed by atoms with Gasteiger partial charge in [0.1, 0.15) is 0 Å². The molecule has 0 radical (unpaired) electrons. The summed E-state index contributed by atoms with van der Waals surface area (Å²) in [7, 11) is -0.867. The Kier molecular flexibility index (Phi) is 8.55. The summed E-state index contributed by atoms with van der Waals surface area (Å²) in [5.74, 6) is 1.60. The van der Waals surface area contributed by atoms with Crippen LogP contribution in [-0.2, 0) is 4.65 Å². The van der Waals surface area contributed by atoms with E-state index in [4.69, 9.17) is 14.8 Å². The van der Waals surface area contributed by atoms with E-state index < -0.39 is 7.12 Å².